The lowest BCUT2D eigenvalue weighted by Crippen LogP contribution is -2.59. The lowest BCUT2D eigenvalue weighted by atomic mass is 9.91. The SMILES string of the molecule is CC.CC(C)(C)CC(=O)N1CC[N+](C)(CCCS(=O)(=O)[O-])CC1.COC.COC.CS(C)(=O)=O.c1ccccc1.c1ccccc1.c1ccccc1.c1ccccc1. The van der Waals surface area contributed by atoms with E-state index in [2.05, 4.69) is 37.3 Å². The monoisotopic (exact) mass is 849 g/mol. The maximum atomic E-state index is 12.2. The number of likely N-dealkylation sites (N-methyl/N-ethyl adjacent to an activating group) is 1. The first-order valence-electron chi connectivity index (χ1n) is 19.2. The smallest absolute Gasteiger partial charge is 0.223 e. The van der Waals surface area contributed by atoms with Crippen LogP contribution in [-0.4, -0.2) is 123 Å². The third-order valence-electron chi connectivity index (χ3n) is 6.61. The van der Waals surface area contributed by atoms with E-state index in [1.165, 1.54) is 0 Å². The molecule has 12 heteroatoms. The number of amides is 1. The first kappa shape index (κ1) is 60.8. The number of hydrogen-bond acceptors (Lipinski definition) is 8. The average Bonchev–Trinajstić information content (AvgIpc) is 3.18. The van der Waals surface area contributed by atoms with Gasteiger partial charge >= 0.3 is 0 Å². The van der Waals surface area contributed by atoms with Crippen LogP contribution in [0.4, 0.5) is 0 Å². The van der Waals surface area contributed by atoms with Crippen molar-refractivity contribution < 1.29 is 40.1 Å². The van der Waals surface area contributed by atoms with Gasteiger partial charge in [-0.3, -0.25) is 4.79 Å². The maximum absolute atomic E-state index is 12.2. The summed E-state index contributed by atoms with van der Waals surface area (Å²) in [5, 5.41) is 0. The van der Waals surface area contributed by atoms with E-state index in [1.54, 1.807) is 28.4 Å². The molecule has 330 valence electrons. The van der Waals surface area contributed by atoms with Crippen LogP contribution in [-0.2, 0) is 34.2 Å². The third kappa shape index (κ3) is 56.4. The number of carbonyl (C=O) groups excluding carboxylic acids is 1. The van der Waals surface area contributed by atoms with Gasteiger partial charge in [0.05, 0.1) is 49.9 Å². The van der Waals surface area contributed by atoms with Crippen LogP contribution in [0.15, 0.2) is 146 Å². The molecule has 0 aromatic heterocycles. The number of nitrogens with zero attached hydrogens (tertiary/aromatic N) is 2. The van der Waals surface area contributed by atoms with Gasteiger partial charge in [-0.25, -0.2) is 16.8 Å². The van der Waals surface area contributed by atoms with Gasteiger partial charge in [-0.2, -0.15) is 0 Å². The number of rotatable bonds is 5. The Hall–Kier alpha value is -3.91. The number of benzene rings is 4. The first-order chi connectivity index (χ1) is 27.2. The van der Waals surface area contributed by atoms with Crippen molar-refractivity contribution in [1.82, 2.24) is 4.90 Å². The normalized spacial score (nSPS) is 12.1. The van der Waals surface area contributed by atoms with Crippen LogP contribution < -0.4 is 0 Å². The van der Waals surface area contributed by atoms with Gasteiger partial charge in [0.2, 0.25) is 5.91 Å². The van der Waals surface area contributed by atoms with Gasteiger partial charge in [-0.05, 0) is 5.41 Å². The zero-order valence-corrected chi connectivity index (χ0v) is 39.1. The molecule has 0 bridgehead atoms. The quantitative estimate of drug-likeness (QED) is 0.144. The van der Waals surface area contributed by atoms with E-state index in [-0.39, 0.29) is 17.1 Å². The van der Waals surface area contributed by atoms with Crippen molar-refractivity contribution in [3.8, 4) is 0 Å². The molecule has 5 rings (SSSR count). The van der Waals surface area contributed by atoms with E-state index in [4.69, 9.17) is 0 Å². The number of hydrogen-bond donors (Lipinski definition) is 0. The summed E-state index contributed by atoms with van der Waals surface area (Å²) in [6.07, 6.45) is 3.25. The molecule has 0 saturated carbocycles. The number of ether oxygens (including phenoxy) is 2. The highest BCUT2D eigenvalue weighted by molar-refractivity contribution is 7.89. The van der Waals surface area contributed by atoms with Gasteiger partial charge in [-0.1, -0.05) is 180 Å². The summed E-state index contributed by atoms with van der Waals surface area (Å²) < 4.78 is 60.4. The van der Waals surface area contributed by atoms with Crippen LogP contribution in [0.2, 0.25) is 0 Å². The summed E-state index contributed by atoms with van der Waals surface area (Å²) in [7, 11) is 1.77. The van der Waals surface area contributed by atoms with Crippen LogP contribution in [0.3, 0.4) is 0 Å². The van der Waals surface area contributed by atoms with Gasteiger partial charge in [0.1, 0.15) is 9.84 Å². The Balaban J connectivity index is -0.000000323. The van der Waals surface area contributed by atoms with E-state index in [0.29, 0.717) is 32.5 Å². The number of methoxy groups -OCH3 is 2. The van der Waals surface area contributed by atoms with Crippen molar-refractivity contribution in [2.75, 3.05) is 86.5 Å². The van der Waals surface area contributed by atoms with Crippen molar-refractivity contribution in [1.29, 1.82) is 0 Å². The van der Waals surface area contributed by atoms with E-state index >= 15 is 0 Å². The molecule has 1 aliphatic rings. The fourth-order valence-electron chi connectivity index (χ4n) is 4.15. The molecule has 1 fully saturated rings. The predicted molar refractivity (Wildman–Crippen MR) is 244 cm³/mol. The topological polar surface area (TPSA) is 130 Å². The molecule has 0 radical (unpaired) electrons. The second-order valence-electron chi connectivity index (χ2n) is 14.1. The molecule has 1 amide bonds. The minimum Gasteiger partial charge on any atom is -0.748 e. The standard InChI is InChI=1S/C14H28N2O4S.4C6H6.C2H6O2S.2C2H6O.C2H6/c1-14(2,3)12-13(17)15-6-9-16(4,10-7-15)8-5-11-21(18,19)20;4*1-2-4-6-5-3-1;1-5(2,3)4;2*1-3-2;1-2/h5-12H2,1-4H3;4*1-6H;1-2H3;2*1-2H3;1-2H3. The van der Waals surface area contributed by atoms with E-state index in [0.717, 1.165) is 30.1 Å². The zero-order valence-electron chi connectivity index (χ0n) is 37.5. The highest BCUT2D eigenvalue weighted by Crippen LogP contribution is 2.21. The van der Waals surface area contributed by atoms with Crippen molar-refractivity contribution in [2.45, 2.75) is 47.5 Å². The van der Waals surface area contributed by atoms with Crippen molar-refractivity contribution in [3.63, 3.8) is 0 Å². The maximum Gasteiger partial charge on any atom is 0.223 e. The zero-order chi connectivity index (χ0) is 45.2. The Morgan fingerprint density at radius 1 is 0.586 bits per heavy atom. The molecule has 58 heavy (non-hydrogen) atoms. The molecule has 10 nitrogen and oxygen atoms in total. The average molecular weight is 849 g/mol. The molecule has 4 aromatic rings. The second kappa shape index (κ2) is 39.9. The van der Waals surface area contributed by atoms with E-state index in [1.807, 2.05) is 164 Å². The summed E-state index contributed by atoms with van der Waals surface area (Å²) in [5.74, 6) is -0.107. The fraction of sp³-hybridized carbons (Fsp3) is 0.457. The van der Waals surface area contributed by atoms with Crippen LogP contribution in [0, 0.1) is 5.41 Å². The van der Waals surface area contributed by atoms with Crippen molar-refractivity contribution >= 4 is 25.9 Å². The summed E-state index contributed by atoms with van der Waals surface area (Å²) >= 11 is 0. The number of sulfone groups is 1. The highest BCUT2D eigenvalue weighted by Gasteiger charge is 2.31. The van der Waals surface area contributed by atoms with Crippen molar-refractivity contribution in [3.05, 3.63) is 146 Å². The summed E-state index contributed by atoms with van der Waals surface area (Å²) in [6.45, 7) is 13.9. The molecule has 0 N–H and O–H groups in total. The van der Waals surface area contributed by atoms with Gasteiger partial charge in [0.25, 0.3) is 0 Å². The molecule has 0 spiro atoms. The summed E-state index contributed by atoms with van der Waals surface area (Å²) in [4.78, 5) is 14.1. The first-order valence-corrected chi connectivity index (χ1v) is 23.1. The predicted octanol–water partition coefficient (Wildman–Crippen LogP) is 8.61. The molecular formula is C46H76N2O8S2. The second-order valence-corrected chi connectivity index (χ2v) is 17.9. The van der Waals surface area contributed by atoms with Gasteiger partial charge in [0.15, 0.2) is 0 Å². The van der Waals surface area contributed by atoms with Crippen LogP contribution in [0.5, 0.6) is 0 Å². The number of piperazine rings is 1. The lowest BCUT2D eigenvalue weighted by Gasteiger charge is -2.42. The Labute approximate surface area is 354 Å². The number of carbonyl (C=O) groups is 1. The third-order valence-corrected chi connectivity index (χ3v) is 7.40. The Morgan fingerprint density at radius 2 is 0.793 bits per heavy atom. The molecule has 0 aliphatic carbocycles. The fourth-order valence-corrected chi connectivity index (χ4v) is 4.63. The highest BCUT2D eigenvalue weighted by atomic mass is 32.2. The summed E-state index contributed by atoms with van der Waals surface area (Å²) in [5.41, 5.74) is -0.00479. The largest absolute Gasteiger partial charge is 0.748 e. The van der Waals surface area contributed by atoms with Crippen LogP contribution in [0.25, 0.3) is 0 Å². The minimum absolute atomic E-state index is 0.00479. The van der Waals surface area contributed by atoms with Gasteiger partial charge in [0, 0.05) is 59.5 Å². The Kier molecular flexibility index (Phi) is 41.8. The molecule has 4 aromatic carbocycles. The summed E-state index contributed by atoms with van der Waals surface area (Å²) in [6, 6.07) is 48.0. The molecule has 1 heterocycles. The Bertz CT molecular complexity index is 1360. The molecule has 1 saturated heterocycles. The molecule has 1 aliphatic heterocycles. The lowest BCUT2D eigenvalue weighted by molar-refractivity contribution is -0.913. The van der Waals surface area contributed by atoms with E-state index < -0.39 is 20.0 Å². The minimum atomic E-state index is -4.12. The van der Waals surface area contributed by atoms with Gasteiger partial charge in [-0.15, -0.1) is 0 Å². The van der Waals surface area contributed by atoms with Crippen molar-refractivity contribution in [2.24, 2.45) is 5.41 Å². The Morgan fingerprint density at radius 3 is 0.966 bits per heavy atom. The van der Waals surface area contributed by atoms with Crippen LogP contribution in [0.1, 0.15) is 47.5 Å². The molecular weight excluding hydrogens is 773 g/mol. The molecule has 0 unspecified atom stereocenters. The van der Waals surface area contributed by atoms with Crippen LogP contribution >= 0.6 is 0 Å². The molecule has 0 atom stereocenters. The van der Waals surface area contributed by atoms with E-state index in [9.17, 15) is 26.2 Å². The number of quaternary nitrogens is 1. The van der Waals surface area contributed by atoms with Gasteiger partial charge < -0.3 is 23.4 Å².